The van der Waals surface area contributed by atoms with Crippen LogP contribution in [0.4, 0.5) is 19.1 Å². The normalized spacial score (nSPS) is 21.7. The number of aromatic nitrogens is 2. The molecule has 0 fully saturated rings. The zero-order valence-corrected chi connectivity index (χ0v) is 17.4. The lowest BCUT2D eigenvalue weighted by Crippen LogP contribution is -2.64. The molecule has 2 aliphatic rings. The zero-order chi connectivity index (χ0) is 22.6. The van der Waals surface area contributed by atoms with E-state index < -0.39 is 29.8 Å². The Kier molecular flexibility index (Phi) is 5.07. The number of nitrogens with one attached hydrogen (secondary N) is 2. The van der Waals surface area contributed by atoms with Crippen molar-refractivity contribution < 1.29 is 27.5 Å². The number of carbonyl (C=O) groups excluding carboxylic acids is 2. The van der Waals surface area contributed by atoms with Crippen molar-refractivity contribution in [3.8, 4) is 0 Å². The quantitative estimate of drug-likeness (QED) is 0.703. The van der Waals surface area contributed by atoms with Gasteiger partial charge in [-0.2, -0.15) is 13.2 Å². The van der Waals surface area contributed by atoms with Crippen molar-refractivity contribution in [1.29, 1.82) is 0 Å². The number of hydrogen-bond acceptors (Lipinski definition) is 4. The van der Waals surface area contributed by atoms with Crippen LogP contribution in [-0.4, -0.2) is 40.3 Å². The Bertz CT molecular complexity index is 1110. The van der Waals surface area contributed by atoms with E-state index in [4.69, 9.17) is 4.74 Å². The van der Waals surface area contributed by atoms with Gasteiger partial charge in [0.15, 0.2) is 0 Å². The van der Waals surface area contributed by atoms with Crippen LogP contribution in [0.1, 0.15) is 37.3 Å². The Labute approximate surface area is 176 Å². The van der Waals surface area contributed by atoms with Gasteiger partial charge in [-0.15, -0.1) is 0 Å². The summed E-state index contributed by atoms with van der Waals surface area (Å²) in [4.78, 5) is 29.5. The van der Waals surface area contributed by atoms with Crippen LogP contribution in [0.15, 0.2) is 23.8 Å². The number of allylic oxidation sites excluding steroid dienone is 1. The summed E-state index contributed by atoms with van der Waals surface area (Å²) >= 11 is 0. The molecule has 2 aromatic rings. The highest BCUT2D eigenvalue weighted by molar-refractivity contribution is 6.05. The third kappa shape index (κ3) is 3.38. The largest absolute Gasteiger partial charge is 0.440 e. The van der Waals surface area contributed by atoms with Gasteiger partial charge in [-0.25, -0.2) is 4.98 Å². The van der Waals surface area contributed by atoms with Crippen molar-refractivity contribution in [3.05, 3.63) is 34.9 Å². The van der Waals surface area contributed by atoms with E-state index in [1.54, 1.807) is 13.0 Å². The number of ether oxygens (including phenoxy) is 1. The molecular weight excluding hydrogens is 413 g/mol. The molecule has 31 heavy (non-hydrogen) atoms. The molecule has 7 nitrogen and oxygen atoms in total. The topological polar surface area (TPSA) is 85.2 Å². The molecule has 2 atom stereocenters. The third-order valence-electron chi connectivity index (χ3n) is 5.90. The molecule has 1 aliphatic heterocycles. The Balaban J connectivity index is 1.71. The molecule has 1 aromatic heterocycles. The summed E-state index contributed by atoms with van der Waals surface area (Å²) in [6.07, 6.45) is -1.56. The van der Waals surface area contributed by atoms with Gasteiger partial charge in [0.25, 0.3) is 17.5 Å². The predicted octanol–water partition coefficient (Wildman–Crippen LogP) is 3.45. The maximum absolute atomic E-state index is 14.4. The molecule has 2 amide bonds. The van der Waals surface area contributed by atoms with E-state index in [2.05, 4.69) is 10.3 Å². The highest BCUT2D eigenvalue weighted by Crippen LogP contribution is 2.44. The summed E-state index contributed by atoms with van der Waals surface area (Å²) in [6, 6.07) is 3.17. The van der Waals surface area contributed by atoms with Crippen molar-refractivity contribution in [1.82, 2.24) is 14.9 Å². The number of fused-ring (bicyclic) bond motifs is 3. The highest BCUT2D eigenvalue weighted by atomic mass is 19.4. The van der Waals surface area contributed by atoms with Gasteiger partial charge < -0.3 is 10.1 Å². The van der Waals surface area contributed by atoms with E-state index in [9.17, 15) is 22.8 Å². The number of hydrogen-bond donors (Lipinski definition) is 2. The first-order chi connectivity index (χ1) is 14.5. The molecule has 0 bridgehead atoms. The van der Waals surface area contributed by atoms with Crippen molar-refractivity contribution in [2.24, 2.45) is 0 Å². The first-order valence-corrected chi connectivity index (χ1v) is 10.0. The Hall–Kier alpha value is -2.88. The van der Waals surface area contributed by atoms with Crippen LogP contribution >= 0.6 is 0 Å². The van der Waals surface area contributed by atoms with Crippen LogP contribution in [0.3, 0.4) is 0 Å². The fourth-order valence-corrected chi connectivity index (χ4v) is 3.94. The number of imidazole rings is 1. The minimum Gasteiger partial charge on any atom is -0.364 e. The number of carbonyl (C=O) groups is 2. The Morgan fingerprint density at radius 3 is 2.71 bits per heavy atom. The monoisotopic (exact) mass is 436 g/mol. The summed E-state index contributed by atoms with van der Waals surface area (Å²) in [7, 11) is 0. The third-order valence-corrected chi connectivity index (χ3v) is 5.90. The van der Waals surface area contributed by atoms with Gasteiger partial charge in [0, 0.05) is 0 Å². The summed E-state index contributed by atoms with van der Waals surface area (Å²) in [6.45, 7) is 5.09. The van der Waals surface area contributed by atoms with Gasteiger partial charge in [0.05, 0.1) is 17.6 Å². The second-order valence-corrected chi connectivity index (χ2v) is 8.06. The number of rotatable bonds is 5. The molecule has 0 radical (unpaired) electrons. The first kappa shape index (κ1) is 21.4. The lowest BCUT2D eigenvalue weighted by Gasteiger charge is -2.33. The van der Waals surface area contributed by atoms with Crippen LogP contribution in [0.2, 0.25) is 0 Å². The molecule has 1 aromatic carbocycles. The summed E-state index contributed by atoms with van der Waals surface area (Å²) in [5.74, 6) is -2.72. The highest BCUT2D eigenvalue weighted by Gasteiger charge is 2.68. The maximum atomic E-state index is 14.4. The fourth-order valence-electron chi connectivity index (χ4n) is 3.94. The zero-order valence-electron chi connectivity index (χ0n) is 17.4. The van der Waals surface area contributed by atoms with Gasteiger partial charge in [0.1, 0.15) is 6.10 Å². The van der Waals surface area contributed by atoms with Gasteiger partial charge in [-0.1, -0.05) is 6.08 Å². The number of alkyl halides is 3. The van der Waals surface area contributed by atoms with Gasteiger partial charge in [0.2, 0.25) is 5.95 Å². The lowest BCUT2D eigenvalue weighted by atomic mass is 10.1. The second kappa shape index (κ2) is 7.37. The van der Waals surface area contributed by atoms with Crippen molar-refractivity contribution in [2.45, 2.75) is 58.0 Å². The lowest BCUT2D eigenvalue weighted by molar-refractivity contribution is -0.218. The first-order valence-electron chi connectivity index (χ1n) is 10.0. The van der Waals surface area contributed by atoms with E-state index in [0.29, 0.717) is 5.52 Å². The predicted molar refractivity (Wildman–Crippen MR) is 107 cm³/mol. The summed E-state index contributed by atoms with van der Waals surface area (Å²) < 4.78 is 49.4. The number of nitrogens with zero attached hydrogens (tertiary/aromatic N) is 2. The molecule has 2 heterocycles. The maximum Gasteiger partial charge on any atom is 0.440 e. The molecule has 0 saturated carbocycles. The molecule has 0 spiro atoms. The standard InChI is InChI=1S/C21H23F3N4O3/c1-11-8-15-16(9-12(11)2)28-19(25-15)26-18(30)20(28,21(22,23)24)27-17(29)13(3)31-10-14-6-4-5-7-14/h6,8-9,13H,4-5,7,10H2,1-3H3,(H,27,29)(H,25,26,30)/t13-,20?/m0/s1. The van der Waals surface area contributed by atoms with E-state index >= 15 is 0 Å². The van der Waals surface area contributed by atoms with Crippen LogP contribution in [0, 0.1) is 13.8 Å². The summed E-state index contributed by atoms with van der Waals surface area (Å²) in [5, 5.41) is 4.10. The second-order valence-electron chi connectivity index (χ2n) is 8.06. The molecule has 4 rings (SSSR count). The molecule has 1 unspecified atom stereocenters. The minimum atomic E-state index is -5.13. The fraction of sp³-hybridized carbons (Fsp3) is 0.476. The van der Waals surface area contributed by atoms with Crippen LogP contribution in [-0.2, 0) is 20.0 Å². The molecule has 1 aliphatic carbocycles. The molecule has 2 N–H and O–H groups in total. The Morgan fingerprint density at radius 1 is 1.35 bits per heavy atom. The van der Waals surface area contributed by atoms with Gasteiger partial charge >= 0.3 is 6.18 Å². The number of benzene rings is 1. The van der Waals surface area contributed by atoms with Crippen LogP contribution in [0.5, 0.6) is 0 Å². The average Bonchev–Trinajstić information content (AvgIpc) is 3.37. The Morgan fingerprint density at radius 2 is 2.06 bits per heavy atom. The smallest absolute Gasteiger partial charge is 0.364 e. The van der Waals surface area contributed by atoms with Gasteiger partial charge in [-0.05, 0) is 68.9 Å². The van der Waals surface area contributed by atoms with E-state index in [1.807, 2.05) is 18.3 Å². The minimum absolute atomic E-state index is 0.0961. The number of anilines is 1. The molecule has 0 saturated heterocycles. The molecule has 10 heteroatoms. The molecule has 166 valence electrons. The van der Waals surface area contributed by atoms with Crippen molar-refractivity contribution in [2.75, 3.05) is 11.9 Å². The number of amides is 2. The average molecular weight is 436 g/mol. The summed E-state index contributed by atoms with van der Waals surface area (Å²) in [5.41, 5.74) is -0.339. The number of aryl methyl sites for hydroxylation is 2. The van der Waals surface area contributed by atoms with Crippen molar-refractivity contribution in [3.63, 3.8) is 0 Å². The van der Waals surface area contributed by atoms with Crippen molar-refractivity contribution >= 4 is 28.8 Å². The van der Waals surface area contributed by atoms with Gasteiger partial charge in [-0.3, -0.25) is 19.5 Å². The molecular formula is C21H23F3N4O3. The van der Waals surface area contributed by atoms with E-state index in [0.717, 1.165) is 40.5 Å². The SMILES string of the molecule is Cc1cc2nc3n(c2cc1C)C(NC(=O)[C@H](C)OCC1=CCCC1)(C(F)(F)F)C(=O)N3. The van der Waals surface area contributed by atoms with Crippen LogP contribution < -0.4 is 10.6 Å². The van der Waals surface area contributed by atoms with E-state index in [1.165, 1.54) is 13.0 Å². The van der Waals surface area contributed by atoms with Crippen LogP contribution in [0.25, 0.3) is 11.0 Å². The van der Waals surface area contributed by atoms with E-state index in [-0.39, 0.29) is 18.1 Å². The number of halogens is 3.